The van der Waals surface area contributed by atoms with E-state index in [1.807, 2.05) is 24.3 Å². The van der Waals surface area contributed by atoms with Gasteiger partial charge in [0.15, 0.2) is 0 Å². The van der Waals surface area contributed by atoms with E-state index in [1.54, 1.807) is 0 Å². The zero-order valence-electron chi connectivity index (χ0n) is 7.40. The monoisotopic (exact) mass is 175 g/mol. The van der Waals surface area contributed by atoms with Gasteiger partial charge in [-0.1, -0.05) is 0 Å². The molecular formula is C10H13N3. The number of nitrogens with zero attached hydrogens (tertiary/aromatic N) is 1. The van der Waals surface area contributed by atoms with E-state index in [0.29, 0.717) is 11.9 Å². The van der Waals surface area contributed by atoms with Crippen LogP contribution in [-0.4, -0.2) is 11.9 Å². The van der Waals surface area contributed by atoms with Crippen LogP contribution in [0.5, 0.6) is 0 Å². The van der Waals surface area contributed by atoms with Gasteiger partial charge in [0.05, 0.1) is 6.04 Å². The molecule has 0 saturated heterocycles. The van der Waals surface area contributed by atoms with Crippen LogP contribution in [-0.2, 0) is 0 Å². The van der Waals surface area contributed by atoms with Crippen LogP contribution in [0.2, 0.25) is 0 Å². The zero-order valence-corrected chi connectivity index (χ0v) is 7.40. The number of hydrogen-bond donors (Lipinski definition) is 2. The number of hydrogen-bond acceptors (Lipinski definition) is 2. The molecule has 0 radical (unpaired) electrons. The molecule has 13 heavy (non-hydrogen) atoms. The van der Waals surface area contributed by atoms with Crippen LogP contribution in [0.3, 0.4) is 0 Å². The predicted octanol–water partition coefficient (Wildman–Crippen LogP) is 1.14. The van der Waals surface area contributed by atoms with E-state index in [1.165, 1.54) is 12.8 Å². The maximum absolute atomic E-state index is 5.80. The Morgan fingerprint density at radius 2 is 1.85 bits per heavy atom. The van der Waals surface area contributed by atoms with Crippen molar-refractivity contribution in [3.63, 3.8) is 0 Å². The molecule has 68 valence electrons. The van der Waals surface area contributed by atoms with Crippen molar-refractivity contribution in [2.24, 2.45) is 10.7 Å². The Morgan fingerprint density at radius 3 is 2.38 bits per heavy atom. The lowest BCUT2D eigenvalue weighted by atomic mass is 10.2. The molecule has 2 rings (SSSR count). The Morgan fingerprint density at radius 1 is 1.23 bits per heavy atom. The highest BCUT2D eigenvalue weighted by Gasteiger charge is 2.20. The van der Waals surface area contributed by atoms with E-state index >= 15 is 0 Å². The molecule has 0 bridgehead atoms. The Labute approximate surface area is 77.5 Å². The Kier molecular flexibility index (Phi) is 1.93. The largest absolute Gasteiger partial charge is 0.399 e. The molecule has 1 aromatic carbocycles. The molecule has 3 heteroatoms. The topological polar surface area (TPSA) is 64.4 Å². The van der Waals surface area contributed by atoms with Gasteiger partial charge in [-0.25, -0.2) is 0 Å². The number of benzene rings is 1. The fourth-order valence-corrected chi connectivity index (χ4v) is 1.13. The second-order valence-corrected chi connectivity index (χ2v) is 3.37. The molecule has 0 heterocycles. The third kappa shape index (κ3) is 1.99. The molecular weight excluding hydrogens is 162 g/mol. The van der Waals surface area contributed by atoms with Crippen molar-refractivity contribution in [3.05, 3.63) is 29.8 Å². The van der Waals surface area contributed by atoms with E-state index in [2.05, 4.69) is 4.99 Å². The molecule has 4 N–H and O–H groups in total. The van der Waals surface area contributed by atoms with Gasteiger partial charge in [0, 0.05) is 11.3 Å². The predicted molar refractivity (Wildman–Crippen MR) is 54.6 cm³/mol. The summed E-state index contributed by atoms with van der Waals surface area (Å²) in [5.74, 6) is 0.627. The smallest absolute Gasteiger partial charge is 0.125 e. The van der Waals surface area contributed by atoms with Gasteiger partial charge in [-0.3, -0.25) is 4.99 Å². The minimum absolute atomic E-state index is 0.470. The Bertz CT molecular complexity index is 323. The van der Waals surface area contributed by atoms with Crippen LogP contribution in [0.1, 0.15) is 18.4 Å². The van der Waals surface area contributed by atoms with E-state index in [0.717, 1.165) is 11.3 Å². The maximum Gasteiger partial charge on any atom is 0.125 e. The van der Waals surface area contributed by atoms with Crippen molar-refractivity contribution in [1.29, 1.82) is 0 Å². The molecule has 3 nitrogen and oxygen atoms in total. The number of amidine groups is 1. The van der Waals surface area contributed by atoms with Gasteiger partial charge < -0.3 is 11.5 Å². The minimum atomic E-state index is 0.470. The maximum atomic E-state index is 5.80. The summed E-state index contributed by atoms with van der Waals surface area (Å²) in [6, 6.07) is 7.94. The van der Waals surface area contributed by atoms with Crippen molar-refractivity contribution in [2.75, 3.05) is 5.73 Å². The lowest BCUT2D eigenvalue weighted by Crippen LogP contribution is -2.14. The molecule has 0 atom stereocenters. The van der Waals surface area contributed by atoms with E-state index in [4.69, 9.17) is 11.5 Å². The fraction of sp³-hybridized carbons (Fsp3) is 0.300. The molecule has 0 unspecified atom stereocenters. The van der Waals surface area contributed by atoms with Gasteiger partial charge in [0.1, 0.15) is 5.84 Å². The Balaban J connectivity index is 2.19. The van der Waals surface area contributed by atoms with Crippen LogP contribution in [0.25, 0.3) is 0 Å². The van der Waals surface area contributed by atoms with Gasteiger partial charge >= 0.3 is 0 Å². The molecule has 1 aliphatic carbocycles. The summed E-state index contributed by atoms with van der Waals surface area (Å²) in [6.07, 6.45) is 2.35. The summed E-state index contributed by atoms with van der Waals surface area (Å²) in [4.78, 5) is 4.34. The highest BCUT2D eigenvalue weighted by Crippen LogP contribution is 2.23. The molecule has 0 spiro atoms. The van der Waals surface area contributed by atoms with E-state index < -0.39 is 0 Å². The first-order valence-electron chi connectivity index (χ1n) is 4.45. The fourth-order valence-electron chi connectivity index (χ4n) is 1.13. The van der Waals surface area contributed by atoms with Crippen molar-refractivity contribution in [1.82, 2.24) is 0 Å². The zero-order chi connectivity index (χ0) is 9.26. The van der Waals surface area contributed by atoms with Crippen molar-refractivity contribution in [2.45, 2.75) is 18.9 Å². The van der Waals surface area contributed by atoms with Gasteiger partial charge in [0.2, 0.25) is 0 Å². The third-order valence-corrected chi connectivity index (χ3v) is 2.07. The number of nitrogens with two attached hydrogens (primary N) is 2. The van der Waals surface area contributed by atoms with Crippen LogP contribution in [0.4, 0.5) is 5.69 Å². The quantitative estimate of drug-likeness (QED) is 0.402. The van der Waals surface area contributed by atoms with Crippen LogP contribution in [0.15, 0.2) is 29.3 Å². The van der Waals surface area contributed by atoms with Gasteiger partial charge in [-0.05, 0) is 37.1 Å². The van der Waals surface area contributed by atoms with Crippen LogP contribution >= 0.6 is 0 Å². The SMILES string of the molecule is NC(=NC1CC1)c1ccc(N)cc1. The lowest BCUT2D eigenvalue weighted by Gasteiger charge is -2.00. The number of rotatable bonds is 2. The van der Waals surface area contributed by atoms with Gasteiger partial charge in [-0.15, -0.1) is 0 Å². The second-order valence-electron chi connectivity index (χ2n) is 3.37. The highest BCUT2D eigenvalue weighted by molar-refractivity contribution is 5.97. The van der Waals surface area contributed by atoms with E-state index in [9.17, 15) is 0 Å². The summed E-state index contributed by atoms with van der Waals surface area (Å²) in [5.41, 5.74) is 13.1. The molecule has 1 saturated carbocycles. The highest BCUT2D eigenvalue weighted by atomic mass is 14.9. The van der Waals surface area contributed by atoms with Crippen molar-refractivity contribution >= 4 is 11.5 Å². The molecule has 0 amide bonds. The summed E-state index contributed by atoms with van der Waals surface area (Å²) in [6.45, 7) is 0. The summed E-state index contributed by atoms with van der Waals surface area (Å²) in [5, 5.41) is 0. The first-order chi connectivity index (χ1) is 6.25. The standard InChI is InChI=1S/C10H13N3/c11-8-3-1-7(2-4-8)10(12)13-9-5-6-9/h1-4,9H,5-6,11H2,(H2,12,13). The van der Waals surface area contributed by atoms with Crippen molar-refractivity contribution < 1.29 is 0 Å². The molecule has 0 aliphatic heterocycles. The molecule has 1 aromatic rings. The van der Waals surface area contributed by atoms with Crippen LogP contribution < -0.4 is 11.5 Å². The van der Waals surface area contributed by atoms with Crippen LogP contribution in [0, 0.1) is 0 Å². The average Bonchev–Trinajstić information content (AvgIpc) is 2.89. The molecule has 1 aliphatic rings. The second kappa shape index (κ2) is 3.09. The molecule has 0 aromatic heterocycles. The number of anilines is 1. The first kappa shape index (κ1) is 8.10. The van der Waals surface area contributed by atoms with E-state index in [-0.39, 0.29) is 0 Å². The molecule has 1 fully saturated rings. The third-order valence-electron chi connectivity index (χ3n) is 2.07. The van der Waals surface area contributed by atoms with Gasteiger partial charge in [-0.2, -0.15) is 0 Å². The first-order valence-corrected chi connectivity index (χ1v) is 4.45. The minimum Gasteiger partial charge on any atom is -0.399 e. The number of aliphatic imine (C=N–C) groups is 1. The normalized spacial score (nSPS) is 17.4. The summed E-state index contributed by atoms with van der Waals surface area (Å²) in [7, 11) is 0. The Hall–Kier alpha value is -1.51. The average molecular weight is 175 g/mol. The van der Waals surface area contributed by atoms with Gasteiger partial charge in [0.25, 0.3) is 0 Å². The summed E-state index contributed by atoms with van der Waals surface area (Å²) >= 11 is 0. The summed E-state index contributed by atoms with van der Waals surface area (Å²) < 4.78 is 0. The van der Waals surface area contributed by atoms with Crippen molar-refractivity contribution in [3.8, 4) is 0 Å². The lowest BCUT2D eigenvalue weighted by molar-refractivity contribution is 1.06. The number of nitrogen functional groups attached to an aromatic ring is 1.